The van der Waals surface area contributed by atoms with Crippen LogP contribution < -0.4 is 10.1 Å². The molecule has 1 N–H and O–H groups in total. The van der Waals surface area contributed by atoms with E-state index in [4.69, 9.17) is 4.74 Å². The minimum Gasteiger partial charge on any atom is -0.481 e. The molecule has 1 aromatic carbocycles. The van der Waals surface area contributed by atoms with Gasteiger partial charge in [0, 0.05) is 39.7 Å². The highest BCUT2D eigenvalue weighted by atomic mass is 32.1. The quantitative estimate of drug-likeness (QED) is 0.661. The standard InChI is InChI=1S/C20H17FN2O2S/c1-25-20-14(5-4-12-22-20)13-23-19(24)11-9-15-8-10-18(26-15)16-6-2-3-7-17(16)21/h2-12H,13H2,1H3,(H,23,24)/b11-9+. The number of thiophene rings is 1. The molecule has 0 aliphatic carbocycles. The fraction of sp³-hybridized carbons (Fsp3) is 0.100. The van der Waals surface area contributed by atoms with Crippen LogP contribution in [0, 0.1) is 5.82 Å². The van der Waals surface area contributed by atoms with Crippen molar-refractivity contribution in [3.05, 3.63) is 77.1 Å². The third-order valence-electron chi connectivity index (χ3n) is 3.66. The first-order chi connectivity index (χ1) is 12.7. The minimum atomic E-state index is -0.256. The maximum Gasteiger partial charge on any atom is 0.244 e. The normalized spacial score (nSPS) is 10.8. The molecule has 6 heteroatoms. The van der Waals surface area contributed by atoms with Crippen molar-refractivity contribution in [3.8, 4) is 16.3 Å². The highest BCUT2D eigenvalue weighted by Gasteiger charge is 2.07. The lowest BCUT2D eigenvalue weighted by Gasteiger charge is -2.06. The molecule has 2 heterocycles. The second-order valence-electron chi connectivity index (χ2n) is 5.40. The van der Waals surface area contributed by atoms with E-state index in [2.05, 4.69) is 10.3 Å². The summed E-state index contributed by atoms with van der Waals surface area (Å²) in [6.45, 7) is 0.325. The third-order valence-corrected chi connectivity index (χ3v) is 4.75. The molecule has 3 rings (SSSR count). The Kier molecular flexibility index (Phi) is 5.76. The molecule has 0 saturated heterocycles. The average Bonchev–Trinajstić information content (AvgIpc) is 3.14. The second-order valence-corrected chi connectivity index (χ2v) is 6.52. The molecule has 2 aromatic heterocycles. The summed E-state index contributed by atoms with van der Waals surface area (Å²) in [5.41, 5.74) is 1.36. The van der Waals surface area contributed by atoms with E-state index >= 15 is 0 Å². The van der Waals surface area contributed by atoms with Gasteiger partial charge in [-0.25, -0.2) is 9.37 Å². The number of aromatic nitrogens is 1. The van der Waals surface area contributed by atoms with Gasteiger partial charge in [-0.2, -0.15) is 0 Å². The molecule has 1 amide bonds. The Morgan fingerprint density at radius 2 is 2.08 bits per heavy atom. The molecule has 132 valence electrons. The topological polar surface area (TPSA) is 51.2 Å². The number of halogens is 1. The number of hydrogen-bond donors (Lipinski definition) is 1. The number of nitrogens with zero attached hydrogens (tertiary/aromatic N) is 1. The maximum atomic E-state index is 13.8. The molecular weight excluding hydrogens is 351 g/mol. The largest absolute Gasteiger partial charge is 0.481 e. The van der Waals surface area contributed by atoms with Crippen LogP contribution in [-0.2, 0) is 11.3 Å². The highest BCUT2D eigenvalue weighted by molar-refractivity contribution is 7.16. The Morgan fingerprint density at radius 3 is 2.88 bits per heavy atom. The first-order valence-corrected chi connectivity index (χ1v) is 8.77. The fourth-order valence-corrected chi connectivity index (χ4v) is 3.33. The molecule has 0 atom stereocenters. The minimum absolute atomic E-state index is 0.225. The maximum absolute atomic E-state index is 13.8. The number of pyridine rings is 1. The number of amides is 1. The third kappa shape index (κ3) is 4.34. The van der Waals surface area contributed by atoms with E-state index in [1.807, 2.05) is 18.2 Å². The Hall–Kier alpha value is -2.99. The van der Waals surface area contributed by atoms with Crippen molar-refractivity contribution in [2.24, 2.45) is 0 Å². The van der Waals surface area contributed by atoms with Gasteiger partial charge in [-0.15, -0.1) is 11.3 Å². The van der Waals surface area contributed by atoms with Crippen LogP contribution in [0.15, 0.2) is 60.8 Å². The lowest BCUT2D eigenvalue weighted by molar-refractivity contribution is -0.116. The van der Waals surface area contributed by atoms with E-state index in [-0.39, 0.29) is 11.7 Å². The summed E-state index contributed by atoms with van der Waals surface area (Å²) in [4.78, 5) is 17.8. The molecule has 0 spiro atoms. The summed E-state index contributed by atoms with van der Waals surface area (Å²) in [5, 5.41) is 2.79. The number of carbonyl (C=O) groups excluding carboxylic acids is 1. The van der Waals surface area contributed by atoms with Crippen LogP contribution in [0.1, 0.15) is 10.4 Å². The van der Waals surface area contributed by atoms with Crippen LogP contribution in [-0.4, -0.2) is 18.0 Å². The lowest BCUT2D eigenvalue weighted by Crippen LogP contribution is -2.20. The molecule has 0 unspecified atom stereocenters. The highest BCUT2D eigenvalue weighted by Crippen LogP contribution is 2.30. The number of nitrogens with one attached hydrogen (secondary N) is 1. The molecule has 0 saturated carbocycles. The second kappa shape index (κ2) is 8.40. The Labute approximate surface area is 155 Å². The Morgan fingerprint density at radius 1 is 1.23 bits per heavy atom. The van der Waals surface area contributed by atoms with Crippen LogP contribution in [0.25, 0.3) is 16.5 Å². The smallest absolute Gasteiger partial charge is 0.244 e. The molecular formula is C20H17FN2O2S. The van der Waals surface area contributed by atoms with Gasteiger partial charge in [0.25, 0.3) is 0 Å². The molecule has 0 aliphatic rings. The van der Waals surface area contributed by atoms with E-state index in [0.29, 0.717) is 18.0 Å². The number of rotatable bonds is 6. The van der Waals surface area contributed by atoms with Crippen LogP contribution in [0.3, 0.4) is 0 Å². The Bertz CT molecular complexity index is 937. The number of hydrogen-bond acceptors (Lipinski definition) is 4. The zero-order chi connectivity index (χ0) is 18.4. The van der Waals surface area contributed by atoms with E-state index < -0.39 is 0 Å². The van der Waals surface area contributed by atoms with Gasteiger partial charge in [0.05, 0.1) is 7.11 Å². The van der Waals surface area contributed by atoms with Crippen LogP contribution >= 0.6 is 11.3 Å². The number of ether oxygens (including phenoxy) is 1. The van der Waals surface area contributed by atoms with E-state index in [1.54, 1.807) is 36.5 Å². The van der Waals surface area contributed by atoms with Crippen molar-refractivity contribution in [1.82, 2.24) is 10.3 Å². The first-order valence-electron chi connectivity index (χ1n) is 7.96. The predicted molar refractivity (Wildman–Crippen MR) is 101 cm³/mol. The average molecular weight is 368 g/mol. The SMILES string of the molecule is COc1ncccc1CNC(=O)/C=C/c1ccc(-c2ccccc2F)s1. The van der Waals surface area contributed by atoms with Gasteiger partial charge in [-0.05, 0) is 30.3 Å². The van der Waals surface area contributed by atoms with Gasteiger partial charge in [0.15, 0.2) is 0 Å². The van der Waals surface area contributed by atoms with Crippen LogP contribution in [0.2, 0.25) is 0 Å². The molecule has 0 radical (unpaired) electrons. The van der Waals surface area contributed by atoms with Crippen molar-refractivity contribution < 1.29 is 13.9 Å². The van der Waals surface area contributed by atoms with Crippen molar-refractivity contribution in [1.29, 1.82) is 0 Å². The molecule has 0 fully saturated rings. The van der Waals surface area contributed by atoms with Crippen molar-refractivity contribution in [3.63, 3.8) is 0 Å². The summed E-state index contributed by atoms with van der Waals surface area (Å²) in [6, 6.07) is 14.0. The van der Waals surface area contributed by atoms with Crippen molar-refractivity contribution in [2.45, 2.75) is 6.54 Å². The number of benzene rings is 1. The summed E-state index contributed by atoms with van der Waals surface area (Å²) < 4.78 is 19.0. The Balaban J connectivity index is 1.61. The molecule has 0 aliphatic heterocycles. The van der Waals surface area contributed by atoms with Gasteiger partial charge in [0.1, 0.15) is 5.82 Å². The monoisotopic (exact) mass is 368 g/mol. The predicted octanol–water partition coefficient (Wildman–Crippen LogP) is 4.29. The summed E-state index contributed by atoms with van der Waals surface area (Å²) in [6.07, 6.45) is 4.80. The van der Waals surface area contributed by atoms with Gasteiger partial charge in [-0.1, -0.05) is 24.3 Å². The number of carbonyl (C=O) groups is 1. The summed E-state index contributed by atoms with van der Waals surface area (Å²) >= 11 is 1.43. The van der Waals surface area contributed by atoms with E-state index in [1.165, 1.54) is 30.6 Å². The van der Waals surface area contributed by atoms with Crippen LogP contribution in [0.5, 0.6) is 5.88 Å². The molecule has 26 heavy (non-hydrogen) atoms. The van der Waals surface area contributed by atoms with Gasteiger partial charge in [-0.3, -0.25) is 4.79 Å². The zero-order valence-corrected chi connectivity index (χ0v) is 14.9. The molecule has 4 nitrogen and oxygen atoms in total. The lowest BCUT2D eigenvalue weighted by atomic mass is 10.2. The van der Waals surface area contributed by atoms with Crippen molar-refractivity contribution >= 4 is 23.3 Å². The van der Waals surface area contributed by atoms with Gasteiger partial charge in [0.2, 0.25) is 11.8 Å². The van der Waals surface area contributed by atoms with E-state index in [9.17, 15) is 9.18 Å². The summed E-state index contributed by atoms with van der Waals surface area (Å²) in [5.74, 6) is 0.00866. The fourth-order valence-electron chi connectivity index (χ4n) is 2.39. The number of methoxy groups -OCH3 is 1. The summed E-state index contributed by atoms with van der Waals surface area (Å²) in [7, 11) is 1.54. The van der Waals surface area contributed by atoms with Crippen LogP contribution in [0.4, 0.5) is 4.39 Å². The van der Waals surface area contributed by atoms with Crippen molar-refractivity contribution in [2.75, 3.05) is 7.11 Å². The molecule has 3 aromatic rings. The van der Waals surface area contributed by atoms with E-state index in [0.717, 1.165) is 15.3 Å². The zero-order valence-electron chi connectivity index (χ0n) is 14.1. The molecule has 0 bridgehead atoms. The van der Waals surface area contributed by atoms with Gasteiger partial charge >= 0.3 is 0 Å². The first kappa shape index (κ1) is 17.8. The van der Waals surface area contributed by atoms with Gasteiger partial charge < -0.3 is 10.1 Å².